The lowest BCUT2D eigenvalue weighted by atomic mass is 10.1. The summed E-state index contributed by atoms with van der Waals surface area (Å²) in [5, 5.41) is 2.76. The van der Waals surface area contributed by atoms with Crippen molar-refractivity contribution in [2.24, 2.45) is 0 Å². The molecule has 0 saturated carbocycles. The van der Waals surface area contributed by atoms with E-state index < -0.39 is 10.0 Å². The molecular formula is C18H23N3O4S. The number of carbonyl (C=O) groups is 1. The number of nitrogens with zero attached hydrogens (tertiary/aromatic N) is 2. The molecule has 0 saturated heterocycles. The zero-order chi connectivity index (χ0) is 19.0. The molecule has 0 bridgehead atoms. The van der Waals surface area contributed by atoms with E-state index in [9.17, 15) is 13.2 Å². The van der Waals surface area contributed by atoms with Crippen LogP contribution in [0.4, 0.5) is 0 Å². The van der Waals surface area contributed by atoms with Crippen LogP contribution in [-0.4, -0.2) is 50.1 Å². The zero-order valence-electron chi connectivity index (χ0n) is 14.9. The SMILES string of the molecule is COc1cccc(CCNC(=O)CN(Cc2cccnc2)S(C)(=O)=O)c1. The molecule has 0 aliphatic carbocycles. The highest BCUT2D eigenvalue weighted by Gasteiger charge is 2.20. The number of aromatic nitrogens is 1. The molecule has 0 radical (unpaired) electrons. The van der Waals surface area contributed by atoms with Gasteiger partial charge >= 0.3 is 0 Å². The number of amides is 1. The predicted molar refractivity (Wildman–Crippen MR) is 99.2 cm³/mol. The second-order valence-electron chi connectivity index (χ2n) is 5.84. The van der Waals surface area contributed by atoms with E-state index in [1.54, 1.807) is 31.6 Å². The highest BCUT2D eigenvalue weighted by atomic mass is 32.2. The van der Waals surface area contributed by atoms with Crippen LogP contribution in [0.25, 0.3) is 0 Å². The number of hydrogen-bond acceptors (Lipinski definition) is 5. The van der Waals surface area contributed by atoms with E-state index in [-0.39, 0.29) is 19.0 Å². The molecule has 1 N–H and O–H groups in total. The van der Waals surface area contributed by atoms with Crippen molar-refractivity contribution in [1.82, 2.24) is 14.6 Å². The van der Waals surface area contributed by atoms with Crippen LogP contribution >= 0.6 is 0 Å². The first-order valence-electron chi connectivity index (χ1n) is 8.12. The monoisotopic (exact) mass is 377 g/mol. The topological polar surface area (TPSA) is 88.6 Å². The molecule has 0 fully saturated rings. The Morgan fingerprint density at radius 3 is 2.65 bits per heavy atom. The summed E-state index contributed by atoms with van der Waals surface area (Å²) in [5.74, 6) is 0.413. The zero-order valence-corrected chi connectivity index (χ0v) is 15.7. The van der Waals surface area contributed by atoms with Crippen molar-refractivity contribution in [3.63, 3.8) is 0 Å². The second-order valence-corrected chi connectivity index (χ2v) is 7.83. The fourth-order valence-electron chi connectivity index (χ4n) is 2.38. The molecule has 1 amide bonds. The van der Waals surface area contributed by atoms with Gasteiger partial charge in [-0.3, -0.25) is 9.78 Å². The summed E-state index contributed by atoms with van der Waals surface area (Å²) < 4.78 is 30.2. The Labute approximate surface area is 154 Å². The molecule has 1 aromatic carbocycles. The number of methoxy groups -OCH3 is 1. The van der Waals surface area contributed by atoms with Gasteiger partial charge in [0.25, 0.3) is 0 Å². The van der Waals surface area contributed by atoms with Gasteiger partial charge in [-0.2, -0.15) is 4.31 Å². The van der Waals surface area contributed by atoms with Crippen LogP contribution in [0.5, 0.6) is 5.75 Å². The van der Waals surface area contributed by atoms with E-state index in [1.807, 2.05) is 24.3 Å². The summed E-state index contributed by atoms with van der Waals surface area (Å²) in [6.45, 7) is 0.290. The summed E-state index contributed by atoms with van der Waals surface area (Å²) >= 11 is 0. The molecule has 1 aromatic heterocycles. The Balaban J connectivity index is 1.88. The summed E-state index contributed by atoms with van der Waals surface area (Å²) in [4.78, 5) is 16.1. The lowest BCUT2D eigenvalue weighted by Crippen LogP contribution is -2.40. The second kappa shape index (κ2) is 9.30. The maximum Gasteiger partial charge on any atom is 0.235 e. The first-order chi connectivity index (χ1) is 12.4. The maximum atomic E-state index is 12.1. The molecule has 0 atom stereocenters. The van der Waals surface area contributed by atoms with Gasteiger partial charge in [0.15, 0.2) is 0 Å². The molecule has 0 spiro atoms. The Morgan fingerprint density at radius 1 is 1.23 bits per heavy atom. The Bertz CT molecular complexity index is 825. The van der Waals surface area contributed by atoms with Crippen molar-refractivity contribution in [3.05, 3.63) is 59.9 Å². The van der Waals surface area contributed by atoms with Crippen LogP contribution in [0.1, 0.15) is 11.1 Å². The van der Waals surface area contributed by atoms with Crippen molar-refractivity contribution in [2.45, 2.75) is 13.0 Å². The lowest BCUT2D eigenvalue weighted by Gasteiger charge is -2.19. The molecular weight excluding hydrogens is 354 g/mol. The molecule has 2 aromatic rings. The molecule has 26 heavy (non-hydrogen) atoms. The third-order valence-electron chi connectivity index (χ3n) is 3.74. The van der Waals surface area contributed by atoms with E-state index in [0.29, 0.717) is 13.0 Å². The molecule has 1 heterocycles. The van der Waals surface area contributed by atoms with Gasteiger partial charge in [0.05, 0.1) is 19.9 Å². The van der Waals surface area contributed by atoms with Crippen LogP contribution in [0, 0.1) is 0 Å². The molecule has 0 aliphatic rings. The van der Waals surface area contributed by atoms with Crippen molar-refractivity contribution in [3.8, 4) is 5.75 Å². The molecule has 8 heteroatoms. The van der Waals surface area contributed by atoms with Crippen LogP contribution in [0.2, 0.25) is 0 Å². The van der Waals surface area contributed by atoms with Gasteiger partial charge in [0.2, 0.25) is 15.9 Å². The van der Waals surface area contributed by atoms with Crippen LogP contribution in [0.15, 0.2) is 48.8 Å². The highest BCUT2D eigenvalue weighted by Crippen LogP contribution is 2.12. The summed E-state index contributed by atoms with van der Waals surface area (Å²) in [6, 6.07) is 11.1. The number of rotatable bonds is 9. The predicted octanol–water partition coefficient (Wildman–Crippen LogP) is 1.21. The quantitative estimate of drug-likeness (QED) is 0.710. The molecule has 140 valence electrons. The van der Waals surface area contributed by atoms with E-state index in [0.717, 1.165) is 27.4 Å². The molecule has 0 unspecified atom stereocenters. The fourth-order valence-corrected chi connectivity index (χ4v) is 3.11. The molecule has 2 rings (SSSR count). The minimum Gasteiger partial charge on any atom is -0.497 e. The van der Waals surface area contributed by atoms with E-state index in [2.05, 4.69) is 10.3 Å². The van der Waals surface area contributed by atoms with Gasteiger partial charge in [0.1, 0.15) is 5.75 Å². The summed E-state index contributed by atoms with van der Waals surface area (Å²) in [5.41, 5.74) is 1.75. The maximum absolute atomic E-state index is 12.1. The minimum atomic E-state index is -3.52. The minimum absolute atomic E-state index is 0.107. The third-order valence-corrected chi connectivity index (χ3v) is 4.94. The number of ether oxygens (including phenoxy) is 1. The highest BCUT2D eigenvalue weighted by molar-refractivity contribution is 7.88. The number of hydrogen-bond donors (Lipinski definition) is 1. The lowest BCUT2D eigenvalue weighted by molar-refractivity contribution is -0.121. The number of nitrogens with one attached hydrogen (secondary N) is 1. The normalized spacial score (nSPS) is 11.3. The molecule has 7 nitrogen and oxygen atoms in total. The number of benzene rings is 1. The van der Waals surface area contributed by atoms with Gasteiger partial charge in [-0.05, 0) is 35.7 Å². The first-order valence-corrected chi connectivity index (χ1v) is 9.97. The fraction of sp³-hybridized carbons (Fsp3) is 0.333. The van der Waals surface area contributed by atoms with Crippen LogP contribution in [0.3, 0.4) is 0 Å². The number of carbonyl (C=O) groups excluding carboxylic acids is 1. The Morgan fingerprint density at radius 2 is 2.00 bits per heavy atom. The van der Waals surface area contributed by atoms with Crippen molar-refractivity contribution in [1.29, 1.82) is 0 Å². The van der Waals surface area contributed by atoms with E-state index in [4.69, 9.17) is 4.74 Å². The van der Waals surface area contributed by atoms with Crippen molar-refractivity contribution in [2.75, 3.05) is 26.5 Å². The Kier molecular flexibility index (Phi) is 7.11. The molecule has 0 aliphatic heterocycles. The van der Waals surface area contributed by atoms with Gasteiger partial charge in [0, 0.05) is 25.5 Å². The van der Waals surface area contributed by atoms with Gasteiger partial charge in [-0.15, -0.1) is 0 Å². The Hall–Kier alpha value is -2.45. The van der Waals surface area contributed by atoms with Crippen molar-refractivity contribution >= 4 is 15.9 Å². The smallest absolute Gasteiger partial charge is 0.235 e. The first kappa shape index (κ1) is 19.9. The third kappa shape index (κ3) is 6.45. The van der Waals surface area contributed by atoms with Crippen LogP contribution in [-0.2, 0) is 27.8 Å². The van der Waals surface area contributed by atoms with E-state index in [1.165, 1.54) is 0 Å². The largest absolute Gasteiger partial charge is 0.497 e. The summed E-state index contributed by atoms with van der Waals surface area (Å²) in [7, 11) is -1.92. The number of pyridine rings is 1. The van der Waals surface area contributed by atoms with Gasteiger partial charge in [-0.1, -0.05) is 18.2 Å². The van der Waals surface area contributed by atoms with Gasteiger partial charge in [-0.25, -0.2) is 8.42 Å². The van der Waals surface area contributed by atoms with Crippen LogP contribution < -0.4 is 10.1 Å². The van der Waals surface area contributed by atoms with E-state index >= 15 is 0 Å². The number of sulfonamides is 1. The summed E-state index contributed by atoms with van der Waals surface area (Å²) in [6.07, 6.45) is 4.91. The average molecular weight is 377 g/mol. The van der Waals surface area contributed by atoms with Gasteiger partial charge < -0.3 is 10.1 Å². The van der Waals surface area contributed by atoms with Crippen molar-refractivity contribution < 1.29 is 17.9 Å². The average Bonchev–Trinajstić information content (AvgIpc) is 2.61. The standard InChI is InChI=1S/C18H23N3O4S/c1-25-17-7-3-5-15(11-17)8-10-20-18(22)14-21(26(2,23)24)13-16-6-4-9-19-12-16/h3-7,9,11-12H,8,10,13-14H2,1-2H3,(H,20,22).